The standard InChI is InChI=1S/C15H15FN2O4/c1-22-10-2-3-11-9(6-10)7-12(17-11)13(19)18-5-4-15(16,8-18)14(20)21/h2-3,6-7,17H,4-5,8H2,1H3,(H,20,21)/t15-/m1/s1. The monoisotopic (exact) mass is 306 g/mol. The number of carboxylic acid groups (broad SMARTS) is 1. The van der Waals surface area contributed by atoms with E-state index in [1.54, 1.807) is 31.4 Å². The molecule has 116 valence electrons. The number of halogens is 1. The molecule has 7 heteroatoms. The van der Waals surface area contributed by atoms with Crippen LogP contribution in [0.4, 0.5) is 4.39 Å². The molecule has 1 saturated heterocycles. The van der Waals surface area contributed by atoms with Crippen molar-refractivity contribution in [2.75, 3.05) is 20.2 Å². The summed E-state index contributed by atoms with van der Waals surface area (Å²) in [6.45, 7) is -0.347. The van der Waals surface area contributed by atoms with Crippen LogP contribution < -0.4 is 4.74 Å². The van der Waals surface area contributed by atoms with Gasteiger partial charge in [0.25, 0.3) is 5.91 Å². The first-order valence-corrected chi connectivity index (χ1v) is 6.81. The number of rotatable bonds is 3. The van der Waals surface area contributed by atoms with E-state index in [0.717, 1.165) is 10.9 Å². The van der Waals surface area contributed by atoms with Crippen molar-refractivity contribution in [2.45, 2.75) is 12.1 Å². The fraction of sp³-hybridized carbons (Fsp3) is 0.333. The molecule has 0 aliphatic carbocycles. The Kier molecular flexibility index (Phi) is 3.27. The molecular formula is C15H15FN2O4. The summed E-state index contributed by atoms with van der Waals surface area (Å²) < 4.78 is 19.2. The number of carboxylic acids is 1. The van der Waals surface area contributed by atoms with Crippen molar-refractivity contribution in [2.24, 2.45) is 0 Å². The van der Waals surface area contributed by atoms with Gasteiger partial charge in [0.15, 0.2) is 0 Å². The second-order valence-corrected chi connectivity index (χ2v) is 5.38. The molecule has 2 N–H and O–H groups in total. The summed E-state index contributed by atoms with van der Waals surface area (Å²) in [5.74, 6) is -1.26. The zero-order valence-corrected chi connectivity index (χ0v) is 11.9. The molecule has 1 fully saturated rings. The second-order valence-electron chi connectivity index (χ2n) is 5.38. The number of H-pyrrole nitrogens is 1. The van der Waals surface area contributed by atoms with E-state index in [4.69, 9.17) is 9.84 Å². The number of aromatic nitrogens is 1. The molecule has 0 spiro atoms. The van der Waals surface area contributed by atoms with Crippen LogP contribution in [-0.4, -0.2) is 52.7 Å². The molecule has 1 aromatic heterocycles. The molecular weight excluding hydrogens is 291 g/mol. The van der Waals surface area contributed by atoms with E-state index in [1.807, 2.05) is 0 Å². The number of likely N-dealkylation sites (tertiary alicyclic amines) is 1. The molecule has 6 nitrogen and oxygen atoms in total. The number of hydrogen-bond acceptors (Lipinski definition) is 3. The lowest BCUT2D eigenvalue weighted by molar-refractivity contribution is -0.149. The average molecular weight is 306 g/mol. The van der Waals surface area contributed by atoms with E-state index in [-0.39, 0.29) is 13.0 Å². The molecule has 1 aliphatic rings. The highest BCUT2D eigenvalue weighted by Crippen LogP contribution is 2.28. The van der Waals surface area contributed by atoms with Gasteiger partial charge in [0.05, 0.1) is 13.7 Å². The van der Waals surface area contributed by atoms with Crippen molar-refractivity contribution in [3.8, 4) is 5.75 Å². The predicted molar refractivity (Wildman–Crippen MR) is 76.8 cm³/mol. The molecule has 1 aliphatic heterocycles. The smallest absolute Gasteiger partial charge is 0.343 e. The lowest BCUT2D eigenvalue weighted by Gasteiger charge is -2.16. The van der Waals surface area contributed by atoms with Crippen molar-refractivity contribution in [1.29, 1.82) is 0 Å². The second kappa shape index (κ2) is 5.01. The summed E-state index contributed by atoms with van der Waals surface area (Å²) >= 11 is 0. The minimum absolute atomic E-state index is 0.0837. The number of fused-ring (bicyclic) bond motifs is 1. The maximum absolute atomic E-state index is 14.0. The van der Waals surface area contributed by atoms with Crippen molar-refractivity contribution in [3.63, 3.8) is 0 Å². The Morgan fingerprint density at radius 1 is 1.41 bits per heavy atom. The van der Waals surface area contributed by atoms with Gasteiger partial charge < -0.3 is 19.7 Å². The maximum Gasteiger partial charge on any atom is 0.343 e. The molecule has 0 radical (unpaired) electrons. The molecule has 1 aromatic carbocycles. The van der Waals surface area contributed by atoms with E-state index in [9.17, 15) is 14.0 Å². The molecule has 2 aromatic rings. The Hall–Kier alpha value is -2.57. The van der Waals surface area contributed by atoms with Crippen LogP contribution in [0.25, 0.3) is 10.9 Å². The molecule has 0 unspecified atom stereocenters. The lowest BCUT2D eigenvalue weighted by atomic mass is 10.1. The number of amides is 1. The van der Waals surface area contributed by atoms with E-state index in [1.165, 1.54) is 4.90 Å². The third-order valence-corrected chi connectivity index (χ3v) is 3.95. The van der Waals surface area contributed by atoms with Gasteiger partial charge in [-0.25, -0.2) is 9.18 Å². The fourth-order valence-electron chi connectivity index (χ4n) is 2.64. The third-order valence-electron chi connectivity index (χ3n) is 3.95. The molecule has 1 atom stereocenters. The zero-order valence-electron chi connectivity index (χ0n) is 11.9. The molecule has 0 bridgehead atoms. The highest BCUT2D eigenvalue weighted by molar-refractivity contribution is 5.99. The van der Waals surface area contributed by atoms with Crippen LogP contribution in [0.3, 0.4) is 0 Å². The van der Waals surface area contributed by atoms with Gasteiger partial charge >= 0.3 is 5.97 Å². The van der Waals surface area contributed by atoms with Crippen LogP contribution in [0, 0.1) is 0 Å². The summed E-state index contributed by atoms with van der Waals surface area (Å²) in [6, 6.07) is 6.98. The molecule has 0 saturated carbocycles. The highest BCUT2D eigenvalue weighted by Gasteiger charge is 2.47. The Bertz CT molecular complexity index is 757. The quantitative estimate of drug-likeness (QED) is 0.906. The Morgan fingerprint density at radius 3 is 2.82 bits per heavy atom. The van der Waals surface area contributed by atoms with Gasteiger partial charge in [-0.3, -0.25) is 4.79 Å². The first-order valence-electron chi connectivity index (χ1n) is 6.81. The number of carbonyl (C=O) groups excluding carboxylic acids is 1. The maximum atomic E-state index is 14.0. The molecule has 1 amide bonds. The number of methoxy groups -OCH3 is 1. The minimum Gasteiger partial charge on any atom is -0.497 e. The van der Waals surface area contributed by atoms with Crippen LogP contribution in [0.5, 0.6) is 5.75 Å². The number of alkyl halides is 1. The van der Waals surface area contributed by atoms with Crippen molar-refractivity contribution in [3.05, 3.63) is 30.0 Å². The summed E-state index contributed by atoms with van der Waals surface area (Å²) in [5, 5.41) is 9.68. The van der Waals surface area contributed by atoms with E-state index in [2.05, 4.69) is 4.98 Å². The zero-order chi connectivity index (χ0) is 15.9. The number of nitrogens with zero attached hydrogens (tertiary/aromatic N) is 1. The Labute approximate surface area is 125 Å². The molecule has 2 heterocycles. The van der Waals surface area contributed by atoms with Gasteiger partial charge in [-0.2, -0.15) is 0 Å². The number of aliphatic carboxylic acids is 1. The summed E-state index contributed by atoms with van der Waals surface area (Å²) in [5.41, 5.74) is -1.30. The first kappa shape index (κ1) is 14.4. The number of ether oxygens (including phenoxy) is 1. The Morgan fingerprint density at radius 2 is 2.18 bits per heavy atom. The van der Waals surface area contributed by atoms with Crippen molar-refractivity contribution < 1.29 is 23.8 Å². The van der Waals surface area contributed by atoms with Crippen molar-refractivity contribution >= 4 is 22.8 Å². The van der Waals surface area contributed by atoms with Gasteiger partial charge in [-0.1, -0.05) is 0 Å². The normalized spacial score (nSPS) is 21.3. The number of aromatic amines is 1. The number of nitrogens with one attached hydrogen (secondary N) is 1. The van der Waals surface area contributed by atoms with Gasteiger partial charge in [-0.15, -0.1) is 0 Å². The summed E-state index contributed by atoms with van der Waals surface area (Å²) in [6.07, 6.45) is -0.192. The number of hydrogen-bond donors (Lipinski definition) is 2. The fourth-order valence-corrected chi connectivity index (χ4v) is 2.64. The van der Waals surface area contributed by atoms with E-state index in [0.29, 0.717) is 11.4 Å². The van der Waals surface area contributed by atoms with Gasteiger partial charge in [0, 0.05) is 23.9 Å². The van der Waals surface area contributed by atoms with E-state index >= 15 is 0 Å². The van der Waals surface area contributed by atoms with Gasteiger partial charge in [-0.05, 0) is 24.3 Å². The Balaban J connectivity index is 1.85. The van der Waals surface area contributed by atoms with Gasteiger partial charge in [0.1, 0.15) is 11.4 Å². The molecule has 22 heavy (non-hydrogen) atoms. The highest BCUT2D eigenvalue weighted by atomic mass is 19.1. The third kappa shape index (κ3) is 2.28. The van der Waals surface area contributed by atoms with Crippen molar-refractivity contribution in [1.82, 2.24) is 9.88 Å². The average Bonchev–Trinajstić information content (AvgIpc) is 3.10. The first-order chi connectivity index (χ1) is 10.4. The SMILES string of the molecule is COc1ccc2[nH]c(C(=O)N3CC[C@](F)(C(=O)O)C3)cc2c1. The van der Waals surface area contributed by atoms with Crippen LogP contribution in [0.15, 0.2) is 24.3 Å². The van der Waals surface area contributed by atoms with Gasteiger partial charge in [0.2, 0.25) is 5.67 Å². The van der Waals surface area contributed by atoms with Crippen LogP contribution >= 0.6 is 0 Å². The van der Waals surface area contributed by atoms with E-state index < -0.39 is 24.1 Å². The largest absolute Gasteiger partial charge is 0.497 e. The molecule has 3 rings (SSSR count). The van der Waals surface area contributed by atoms with Crippen LogP contribution in [-0.2, 0) is 4.79 Å². The summed E-state index contributed by atoms with van der Waals surface area (Å²) in [7, 11) is 1.55. The van der Waals surface area contributed by atoms with Crippen LogP contribution in [0.1, 0.15) is 16.9 Å². The summed E-state index contributed by atoms with van der Waals surface area (Å²) in [4.78, 5) is 27.5. The minimum atomic E-state index is -2.36. The topological polar surface area (TPSA) is 82.6 Å². The lowest BCUT2D eigenvalue weighted by Crippen LogP contribution is -2.39. The predicted octanol–water partition coefficient (Wildman–Crippen LogP) is 1.82. The number of carbonyl (C=O) groups is 2. The van der Waals surface area contributed by atoms with Crippen LogP contribution in [0.2, 0.25) is 0 Å². The number of benzene rings is 1.